The third kappa shape index (κ3) is 2.78. The van der Waals surface area contributed by atoms with Crippen LogP contribution in [0.2, 0.25) is 0 Å². The van der Waals surface area contributed by atoms with Crippen LogP contribution in [0.15, 0.2) is 16.8 Å². The van der Waals surface area contributed by atoms with Gasteiger partial charge in [-0.1, -0.05) is 13.8 Å². The molecule has 0 aromatic carbocycles. The molecule has 90 valence electrons. The Balaban J connectivity index is 2.05. The molecular weight excluding hydrogens is 254 g/mol. The molecule has 1 aliphatic rings. The van der Waals surface area contributed by atoms with Crippen molar-refractivity contribution in [1.29, 1.82) is 0 Å². The van der Waals surface area contributed by atoms with E-state index in [2.05, 4.69) is 66.6 Å². The highest BCUT2D eigenvalue weighted by atomic mass is 32.2. The predicted octanol–water partition coefficient (Wildman–Crippen LogP) is 3.63. The van der Waals surface area contributed by atoms with Crippen molar-refractivity contribution >= 4 is 34.9 Å². The van der Waals surface area contributed by atoms with Crippen LogP contribution >= 0.6 is 34.9 Å². The van der Waals surface area contributed by atoms with E-state index in [4.69, 9.17) is 0 Å². The van der Waals surface area contributed by atoms with Gasteiger partial charge in [-0.15, -0.1) is 0 Å². The second kappa shape index (κ2) is 5.80. The highest BCUT2D eigenvalue weighted by molar-refractivity contribution is 8.07. The fourth-order valence-electron chi connectivity index (χ4n) is 2.00. The van der Waals surface area contributed by atoms with Crippen molar-refractivity contribution in [3.05, 3.63) is 22.4 Å². The van der Waals surface area contributed by atoms with Crippen LogP contribution in [-0.2, 0) is 0 Å². The van der Waals surface area contributed by atoms with E-state index in [-0.39, 0.29) is 0 Å². The zero-order valence-corrected chi connectivity index (χ0v) is 12.4. The lowest BCUT2D eigenvalue weighted by Crippen LogP contribution is -2.35. The Morgan fingerprint density at radius 3 is 2.75 bits per heavy atom. The molecule has 1 saturated heterocycles. The highest BCUT2D eigenvalue weighted by Crippen LogP contribution is 2.41. The average Bonchev–Trinajstić information content (AvgIpc) is 2.78. The van der Waals surface area contributed by atoms with E-state index in [9.17, 15) is 0 Å². The minimum Gasteiger partial charge on any atom is -0.312 e. The first-order chi connectivity index (χ1) is 7.72. The molecule has 0 radical (unpaired) electrons. The molecule has 1 fully saturated rings. The van der Waals surface area contributed by atoms with Crippen LogP contribution in [0, 0.1) is 0 Å². The van der Waals surface area contributed by atoms with Crippen LogP contribution in [0.25, 0.3) is 0 Å². The summed E-state index contributed by atoms with van der Waals surface area (Å²) < 4.78 is 0. The molecule has 1 aliphatic heterocycles. The molecule has 2 rings (SSSR count). The number of thiophene rings is 1. The fraction of sp³-hybridized carbons (Fsp3) is 0.667. The standard InChI is InChI=1S/C12H19NS3/c1-8-9(2)16-11(7-15-8)12(13-3)10-4-5-14-6-10/h4-6,8-9,11-13H,7H2,1-3H3. The minimum absolute atomic E-state index is 0.513. The van der Waals surface area contributed by atoms with Crippen molar-refractivity contribution in [3.8, 4) is 0 Å². The van der Waals surface area contributed by atoms with Crippen LogP contribution in [0.5, 0.6) is 0 Å². The van der Waals surface area contributed by atoms with Gasteiger partial charge in [0.05, 0.1) is 0 Å². The Morgan fingerprint density at radius 2 is 2.19 bits per heavy atom. The normalized spacial score (nSPS) is 32.6. The maximum Gasteiger partial charge on any atom is 0.0454 e. The SMILES string of the molecule is CNC(c1ccsc1)C1CSC(C)C(C)S1. The Kier molecular flexibility index (Phi) is 4.65. The smallest absolute Gasteiger partial charge is 0.0454 e. The van der Waals surface area contributed by atoms with Gasteiger partial charge in [0.25, 0.3) is 0 Å². The van der Waals surface area contributed by atoms with Gasteiger partial charge >= 0.3 is 0 Å². The predicted molar refractivity (Wildman–Crippen MR) is 78.9 cm³/mol. The van der Waals surface area contributed by atoms with Crippen LogP contribution in [0.4, 0.5) is 0 Å². The van der Waals surface area contributed by atoms with Crippen LogP contribution in [0.3, 0.4) is 0 Å². The van der Waals surface area contributed by atoms with E-state index < -0.39 is 0 Å². The van der Waals surface area contributed by atoms with Crippen LogP contribution < -0.4 is 5.32 Å². The summed E-state index contributed by atoms with van der Waals surface area (Å²) >= 11 is 6.06. The summed E-state index contributed by atoms with van der Waals surface area (Å²) in [5.74, 6) is 1.26. The number of thioether (sulfide) groups is 2. The molecule has 4 atom stereocenters. The molecule has 1 nitrogen and oxygen atoms in total. The molecule has 2 heterocycles. The van der Waals surface area contributed by atoms with Crippen molar-refractivity contribution in [2.45, 2.75) is 35.6 Å². The second-order valence-corrected chi connectivity index (χ2v) is 8.05. The summed E-state index contributed by atoms with van der Waals surface area (Å²) in [5.41, 5.74) is 1.45. The van der Waals surface area contributed by atoms with Crippen molar-refractivity contribution in [1.82, 2.24) is 5.32 Å². The van der Waals surface area contributed by atoms with E-state index in [0.29, 0.717) is 11.3 Å². The molecule has 0 saturated carbocycles. The van der Waals surface area contributed by atoms with Gasteiger partial charge < -0.3 is 5.32 Å². The maximum absolute atomic E-state index is 3.48. The molecule has 0 bridgehead atoms. The Morgan fingerprint density at radius 1 is 1.38 bits per heavy atom. The average molecular weight is 273 g/mol. The molecule has 1 aromatic heterocycles. The topological polar surface area (TPSA) is 12.0 Å². The van der Waals surface area contributed by atoms with Gasteiger partial charge in [-0.25, -0.2) is 0 Å². The maximum atomic E-state index is 3.48. The molecule has 0 aliphatic carbocycles. The Bertz CT molecular complexity index is 312. The number of hydrogen-bond acceptors (Lipinski definition) is 4. The summed E-state index contributed by atoms with van der Waals surface area (Å²) in [4.78, 5) is 0. The molecule has 4 heteroatoms. The first-order valence-electron chi connectivity index (χ1n) is 5.68. The highest BCUT2D eigenvalue weighted by Gasteiger charge is 2.31. The van der Waals surface area contributed by atoms with Gasteiger partial charge in [-0.05, 0) is 29.4 Å². The van der Waals surface area contributed by atoms with Crippen molar-refractivity contribution in [2.24, 2.45) is 0 Å². The van der Waals surface area contributed by atoms with Gasteiger partial charge in [0.15, 0.2) is 0 Å². The summed E-state index contributed by atoms with van der Waals surface area (Å²) in [6.07, 6.45) is 0. The lowest BCUT2D eigenvalue weighted by molar-refractivity contribution is 0.590. The van der Waals surface area contributed by atoms with Crippen molar-refractivity contribution in [2.75, 3.05) is 12.8 Å². The number of rotatable bonds is 3. The summed E-state index contributed by atoms with van der Waals surface area (Å²) in [5, 5.41) is 10.2. The molecule has 16 heavy (non-hydrogen) atoms. The van der Waals surface area contributed by atoms with Gasteiger partial charge in [0, 0.05) is 27.5 Å². The molecule has 0 spiro atoms. The molecule has 1 aromatic rings. The third-order valence-electron chi connectivity index (χ3n) is 3.16. The Labute approximate surface area is 111 Å². The fourth-order valence-corrected chi connectivity index (χ4v) is 5.86. The summed E-state index contributed by atoms with van der Waals surface area (Å²) in [6, 6.07) is 2.76. The quantitative estimate of drug-likeness (QED) is 0.903. The van der Waals surface area contributed by atoms with Crippen LogP contribution in [-0.4, -0.2) is 28.6 Å². The first kappa shape index (κ1) is 12.8. The van der Waals surface area contributed by atoms with Crippen LogP contribution in [0.1, 0.15) is 25.5 Å². The molecule has 0 amide bonds. The lowest BCUT2D eigenvalue weighted by Gasteiger charge is -2.35. The van der Waals surface area contributed by atoms with E-state index in [1.165, 1.54) is 11.3 Å². The Hall–Kier alpha value is 0.360. The first-order valence-corrected chi connectivity index (χ1v) is 8.62. The lowest BCUT2D eigenvalue weighted by atomic mass is 10.1. The monoisotopic (exact) mass is 273 g/mol. The zero-order chi connectivity index (χ0) is 11.5. The number of nitrogens with one attached hydrogen (secondary N) is 1. The van der Waals surface area contributed by atoms with Gasteiger partial charge in [-0.3, -0.25) is 0 Å². The molecule has 4 unspecified atom stereocenters. The van der Waals surface area contributed by atoms with E-state index in [1.807, 2.05) is 0 Å². The van der Waals surface area contributed by atoms with E-state index in [0.717, 1.165) is 10.5 Å². The largest absolute Gasteiger partial charge is 0.312 e. The zero-order valence-electron chi connectivity index (χ0n) is 9.97. The molecule has 1 N–H and O–H groups in total. The third-order valence-corrected chi connectivity index (χ3v) is 7.36. The summed E-state index contributed by atoms with van der Waals surface area (Å²) in [7, 11) is 2.08. The number of hydrogen-bond donors (Lipinski definition) is 1. The summed E-state index contributed by atoms with van der Waals surface area (Å²) in [6.45, 7) is 4.70. The van der Waals surface area contributed by atoms with Gasteiger partial charge in [-0.2, -0.15) is 34.9 Å². The molecular formula is C12H19NS3. The van der Waals surface area contributed by atoms with Gasteiger partial charge in [0.2, 0.25) is 0 Å². The second-order valence-electron chi connectivity index (χ2n) is 4.24. The van der Waals surface area contributed by atoms with Crippen molar-refractivity contribution < 1.29 is 0 Å². The van der Waals surface area contributed by atoms with E-state index in [1.54, 1.807) is 11.3 Å². The van der Waals surface area contributed by atoms with Gasteiger partial charge in [0.1, 0.15) is 0 Å². The van der Waals surface area contributed by atoms with Crippen molar-refractivity contribution in [3.63, 3.8) is 0 Å². The van der Waals surface area contributed by atoms with E-state index >= 15 is 0 Å². The minimum atomic E-state index is 0.513.